The second kappa shape index (κ2) is 6.04. The maximum absolute atomic E-state index is 3.45. The lowest BCUT2D eigenvalue weighted by Crippen LogP contribution is -1.50. The fraction of sp³-hybridized carbons (Fsp3) is 0.250. The van der Waals surface area contributed by atoms with E-state index < -0.39 is 0 Å². The molecule has 0 N–H and O–H groups in total. The van der Waals surface area contributed by atoms with Crippen molar-refractivity contribution in [1.82, 2.24) is 0 Å². The minimum Gasteiger partial charge on any atom is -0.0906 e. The molecule has 0 aliphatic carbocycles. The summed E-state index contributed by atoms with van der Waals surface area (Å²) in [6.07, 6.45) is 6.48. The van der Waals surface area contributed by atoms with Crippen molar-refractivity contribution in [3.8, 4) is 11.8 Å². The summed E-state index contributed by atoms with van der Waals surface area (Å²) >= 11 is 0. The molecule has 0 bridgehead atoms. The third-order valence-corrected chi connectivity index (χ3v) is 0.622. The van der Waals surface area contributed by atoms with Crippen LogP contribution in [0.15, 0.2) is 24.8 Å². The first-order chi connectivity index (χ1) is 3.91. The molecule has 8 heavy (non-hydrogen) atoms. The van der Waals surface area contributed by atoms with Gasteiger partial charge in [-0.1, -0.05) is 31.4 Å². The van der Waals surface area contributed by atoms with Crippen molar-refractivity contribution in [1.29, 1.82) is 0 Å². The third-order valence-electron chi connectivity index (χ3n) is 0.622. The lowest BCUT2D eigenvalue weighted by molar-refractivity contribution is 1.23. The van der Waals surface area contributed by atoms with Gasteiger partial charge < -0.3 is 0 Å². The second-order valence-corrected chi connectivity index (χ2v) is 1.30. The van der Waals surface area contributed by atoms with Gasteiger partial charge in [0.15, 0.2) is 0 Å². The van der Waals surface area contributed by atoms with E-state index in [0.29, 0.717) is 0 Å². The van der Waals surface area contributed by atoms with Gasteiger partial charge in [0.25, 0.3) is 0 Å². The smallest absolute Gasteiger partial charge is 0.0155 e. The molecule has 0 saturated carbocycles. The van der Waals surface area contributed by atoms with Gasteiger partial charge in [-0.05, 0) is 18.6 Å². The van der Waals surface area contributed by atoms with Crippen LogP contribution >= 0.6 is 0 Å². The van der Waals surface area contributed by atoms with E-state index >= 15 is 0 Å². The Labute approximate surface area is 50.9 Å². The maximum atomic E-state index is 3.45. The number of hydrogen-bond acceptors (Lipinski definition) is 0. The minimum atomic E-state index is 1.05. The zero-order valence-electron chi connectivity index (χ0n) is 5.15. The first kappa shape index (κ1) is 7.04. The molecule has 0 saturated heterocycles. The van der Waals surface area contributed by atoms with Crippen LogP contribution in [0.25, 0.3) is 0 Å². The van der Waals surface area contributed by atoms with Gasteiger partial charge in [0.1, 0.15) is 0 Å². The van der Waals surface area contributed by atoms with E-state index in [2.05, 4.69) is 25.3 Å². The molecular formula is C8H10. The van der Waals surface area contributed by atoms with Gasteiger partial charge in [-0.2, -0.15) is 0 Å². The summed E-state index contributed by atoms with van der Waals surface area (Å²) in [6.45, 7) is 5.53. The van der Waals surface area contributed by atoms with Crippen molar-refractivity contribution in [3.05, 3.63) is 24.8 Å². The Kier molecular flexibility index (Phi) is 5.32. The monoisotopic (exact) mass is 106 g/mol. The summed E-state index contributed by atoms with van der Waals surface area (Å²) in [5.74, 6) is 5.50. The molecule has 0 amide bonds. The van der Waals surface area contributed by atoms with E-state index in [1.54, 1.807) is 6.08 Å². The molecule has 0 spiro atoms. The van der Waals surface area contributed by atoms with E-state index in [1.165, 1.54) is 0 Å². The molecule has 0 nitrogen and oxygen atoms in total. The Bertz CT molecular complexity index is 130. The van der Waals surface area contributed by atoms with Crippen molar-refractivity contribution in [3.63, 3.8) is 0 Å². The van der Waals surface area contributed by atoms with Crippen LogP contribution in [0.2, 0.25) is 0 Å². The Hall–Kier alpha value is -0.960. The lowest BCUT2D eigenvalue weighted by atomic mass is 10.4. The Morgan fingerprint density at radius 2 is 2.25 bits per heavy atom. The topological polar surface area (TPSA) is 0 Å². The molecule has 0 rings (SSSR count). The van der Waals surface area contributed by atoms with Crippen molar-refractivity contribution in [2.75, 3.05) is 0 Å². The molecule has 0 aromatic rings. The van der Waals surface area contributed by atoms with Crippen LogP contribution in [-0.2, 0) is 0 Å². The van der Waals surface area contributed by atoms with Gasteiger partial charge in [0.05, 0.1) is 0 Å². The molecule has 0 fully saturated rings. The largest absolute Gasteiger partial charge is 0.0906 e. The van der Waals surface area contributed by atoms with E-state index in [9.17, 15) is 0 Å². The van der Waals surface area contributed by atoms with Crippen LogP contribution in [0, 0.1) is 11.8 Å². The molecular weight excluding hydrogens is 96.1 g/mol. The van der Waals surface area contributed by atoms with Crippen molar-refractivity contribution in [2.24, 2.45) is 0 Å². The molecule has 0 unspecified atom stereocenters. The number of allylic oxidation sites excluding steroid dienone is 3. The first-order valence-corrected chi connectivity index (χ1v) is 2.68. The summed E-state index contributed by atoms with van der Waals surface area (Å²) in [5, 5.41) is 0. The Morgan fingerprint density at radius 1 is 1.50 bits per heavy atom. The third kappa shape index (κ3) is 5.04. The lowest BCUT2D eigenvalue weighted by Gasteiger charge is -1.67. The highest BCUT2D eigenvalue weighted by atomic mass is 13.6. The summed E-state index contributed by atoms with van der Waals surface area (Å²) in [7, 11) is 0. The highest BCUT2D eigenvalue weighted by molar-refractivity contribution is 5.21. The molecule has 0 atom stereocenters. The van der Waals surface area contributed by atoms with Crippen molar-refractivity contribution >= 4 is 0 Å². The van der Waals surface area contributed by atoms with E-state index in [4.69, 9.17) is 0 Å². The van der Waals surface area contributed by atoms with Gasteiger partial charge >= 0.3 is 0 Å². The normalized spacial score (nSPS) is 8.12. The quantitative estimate of drug-likeness (QED) is 0.449. The molecule has 0 aromatic carbocycles. The van der Waals surface area contributed by atoms with E-state index in [0.717, 1.165) is 6.42 Å². The number of hydrogen-bond donors (Lipinski definition) is 0. The maximum Gasteiger partial charge on any atom is -0.0155 e. The van der Waals surface area contributed by atoms with Gasteiger partial charge in [0.2, 0.25) is 0 Å². The average Bonchev–Trinajstić information content (AvgIpc) is 1.81. The van der Waals surface area contributed by atoms with Crippen LogP contribution < -0.4 is 0 Å². The SMILES string of the molecule is C=CC#C/C=C\CC. The summed E-state index contributed by atoms with van der Waals surface area (Å²) in [4.78, 5) is 0. The predicted molar refractivity (Wildman–Crippen MR) is 37.4 cm³/mol. The van der Waals surface area contributed by atoms with Crippen LogP contribution in [-0.4, -0.2) is 0 Å². The summed E-state index contributed by atoms with van der Waals surface area (Å²) < 4.78 is 0. The van der Waals surface area contributed by atoms with Gasteiger partial charge in [-0.3, -0.25) is 0 Å². The Balaban J connectivity index is 3.40. The zero-order valence-corrected chi connectivity index (χ0v) is 5.15. The fourth-order valence-corrected chi connectivity index (χ4v) is 0.284. The second-order valence-electron chi connectivity index (χ2n) is 1.30. The van der Waals surface area contributed by atoms with Crippen molar-refractivity contribution < 1.29 is 0 Å². The standard InChI is InChI=1S/C8H10/c1-3-5-7-8-6-4-2/h3,6,8H,1,4H2,2H3/b8-6-. The molecule has 0 aliphatic heterocycles. The molecule has 0 heterocycles. The highest BCUT2D eigenvalue weighted by Gasteiger charge is 1.57. The summed E-state index contributed by atoms with van der Waals surface area (Å²) in [5.41, 5.74) is 0. The van der Waals surface area contributed by atoms with E-state index in [1.807, 2.05) is 12.2 Å². The zero-order chi connectivity index (χ0) is 6.24. The van der Waals surface area contributed by atoms with Crippen LogP contribution in [0.5, 0.6) is 0 Å². The highest BCUT2D eigenvalue weighted by Crippen LogP contribution is 1.75. The molecule has 0 aliphatic rings. The van der Waals surface area contributed by atoms with Crippen molar-refractivity contribution in [2.45, 2.75) is 13.3 Å². The van der Waals surface area contributed by atoms with E-state index in [-0.39, 0.29) is 0 Å². The predicted octanol–water partition coefficient (Wildman–Crippen LogP) is 2.14. The Morgan fingerprint density at radius 3 is 2.75 bits per heavy atom. The minimum absolute atomic E-state index is 1.05. The summed E-state index contributed by atoms with van der Waals surface area (Å²) in [6, 6.07) is 0. The molecule has 0 aromatic heterocycles. The van der Waals surface area contributed by atoms with Gasteiger partial charge in [-0.15, -0.1) is 0 Å². The molecule has 0 radical (unpaired) electrons. The fourth-order valence-electron chi connectivity index (χ4n) is 0.284. The van der Waals surface area contributed by atoms with Crippen LogP contribution in [0.1, 0.15) is 13.3 Å². The average molecular weight is 106 g/mol. The molecule has 0 heteroatoms. The molecule has 42 valence electrons. The first-order valence-electron chi connectivity index (χ1n) is 2.68. The van der Waals surface area contributed by atoms with Crippen LogP contribution in [0.3, 0.4) is 0 Å². The van der Waals surface area contributed by atoms with Gasteiger partial charge in [0, 0.05) is 0 Å². The van der Waals surface area contributed by atoms with Gasteiger partial charge in [-0.25, -0.2) is 0 Å². The number of rotatable bonds is 1. The van der Waals surface area contributed by atoms with Crippen LogP contribution in [0.4, 0.5) is 0 Å².